The normalized spacial score (nSPS) is 9.50. The molecule has 0 aromatic carbocycles. The molecule has 0 unspecified atom stereocenters. The highest BCUT2D eigenvalue weighted by Gasteiger charge is 2.20. The van der Waals surface area contributed by atoms with E-state index in [0.29, 0.717) is 5.69 Å². The van der Waals surface area contributed by atoms with Crippen LogP contribution < -0.4 is 10.2 Å². The van der Waals surface area contributed by atoms with E-state index in [0.717, 1.165) is 0 Å². The predicted molar refractivity (Wildman–Crippen MR) is 50.2 cm³/mol. The molecule has 0 amide bonds. The first-order valence-electron chi connectivity index (χ1n) is 3.92. The van der Waals surface area contributed by atoms with Gasteiger partial charge in [0.05, 0.1) is 7.11 Å². The Morgan fingerprint density at radius 3 is 2.64 bits per heavy atom. The number of pyridine rings is 1. The maximum absolute atomic E-state index is 11.1. The molecule has 0 spiro atoms. The number of hydrogen-bond donors (Lipinski definition) is 1. The van der Waals surface area contributed by atoms with E-state index in [1.54, 1.807) is 24.5 Å². The highest BCUT2D eigenvalue weighted by molar-refractivity contribution is 6.87. The highest BCUT2D eigenvalue weighted by Crippen LogP contribution is 1.94. The van der Waals surface area contributed by atoms with Crippen molar-refractivity contribution in [3.05, 3.63) is 24.5 Å². The van der Waals surface area contributed by atoms with Crippen LogP contribution >= 0.6 is 0 Å². The number of anilines is 1. The maximum atomic E-state index is 11.1. The van der Waals surface area contributed by atoms with Crippen LogP contribution in [0.4, 0.5) is 10.5 Å². The Morgan fingerprint density at radius 2 is 2.21 bits per heavy atom. The largest absolute Gasteiger partial charge is 0.497 e. The molecule has 14 heavy (non-hydrogen) atoms. The third-order valence-corrected chi connectivity index (χ3v) is 1.72. The van der Waals surface area contributed by atoms with Gasteiger partial charge in [0, 0.05) is 17.8 Å². The number of nitrogens with zero attached hydrogens (tertiary/aromatic N) is 2. The Balaban J connectivity index is 2.97. The number of methoxy groups -OCH3 is 1. The first-order chi connectivity index (χ1) is 6.69. The lowest BCUT2D eigenvalue weighted by molar-refractivity contribution is -0.532. The Morgan fingerprint density at radius 1 is 1.64 bits per heavy atom. The molecular formula is C8H9BN3O2. The van der Waals surface area contributed by atoms with Crippen LogP contribution in [0.1, 0.15) is 0 Å². The number of hydrogen-bond acceptors (Lipinski definition) is 4. The molecule has 1 aromatic rings. The van der Waals surface area contributed by atoms with Crippen molar-refractivity contribution in [3.63, 3.8) is 0 Å². The van der Waals surface area contributed by atoms with E-state index in [-0.39, 0.29) is 0 Å². The first kappa shape index (κ1) is 10.1. The van der Waals surface area contributed by atoms with Gasteiger partial charge in [-0.3, -0.25) is 4.79 Å². The molecule has 5 nitrogen and oxygen atoms in total. The topological polar surface area (TPSA) is 80.0 Å². The van der Waals surface area contributed by atoms with Crippen LogP contribution in [0.15, 0.2) is 24.5 Å². The Hall–Kier alpha value is -2.03. The third-order valence-electron chi connectivity index (χ3n) is 1.72. The van der Waals surface area contributed by atoms with Crippen molar-refractivity contribution in [2.75, 3.05) is 12.8 Å². The molecule has 1 radical (unpaired) electrons. The van der Waals surface area contributed by atoms with Crippen molar-refractivity contribution in [2.45, 2.75) is 0 Å². The maximum Gasteiger partial charge on any atom is 0.434 e. The zero-order valence-electron chi connectivity index (χ0n) is 7.68. The smallest absolute Gasteiger partial charge is 0.434 e. The lowest BCUT2D eigenvalue weighted by Crippen LogP contribution is -2.55. The van der Waals surface area contributed by atoms with Crippen LogP contribution in [-0.2, 0) is 4.74 Å². The van der Waals surface area contributed by atoms with E-state index in [9.17, 15) is 4.79 Å². The van der Waals surface area contributed by atoms with Gasteiger partial charge in [-0.2, -0.15) is 0 Å². The van der Waals surface area contributed by atoms with Crippen molar-refractivity contribution < 1.29 is 14.0 Å². The minimum Gasteiger partial charge on any atom is -0.497 e. The third kappa shape index (κ3) is 2.01. The Kier molecular flexibility index (Phi) is 3.07. The molecule has 2 N–H and O–H groups in total. The fourth-order valence-corrected chi connectivity index (χ4v) is 0.974. The molecule has 0 aliphatic carbocycles. The van der Waals surface area contributed by atoms with Crippen LogP contribution in [0.2, 0.25) is 0 Å². The summed E-state index contributed by atoms with van der Waals surface area (Å²) >= 11 is 0. The molecule has 6 heteroatoms. The van der Waals surface area contributed by atoms with Gasteiger partial charge in [-0.05, 0) is 0 Å². The van der Waals surface area contributed by atoms with Gasteiger partial charge in [0.1, 0.15) is 12.4 Å². The minimum atomic E-state index is -0.958. The number of aromatic nitrogens is 1. The van der Waals surface area contributed by atoms with E-state index in [2.05, 4.69) is 4.74 Å². The number of rotatable bonds is 2. The van der Waals surface area contributed by atoms with Crippen molar-refractivity contribution >= 4 is 18.4 Å². The van der Waals surface area contributed by atoms with Crippen LogP contribution in [0.3, 0.4) is 0 Å². The van der Waals surface area contributed by atoms with E-state index in [1.807, 2.05) is 5.97 Å². The van der Waals surface area contributed by atoms with Gasteiger partial charge in [-0.25, -0.2) is 5.26 Å². The summed E-state index contributed by atoms with van der Waals surface area (Å²) in [5.74, 6) is 1.24. The molecule has 0 aliphatic heterocycles. The zero-order chi connectivity index (χ0) is 10.6. The van der Waals surface area contributed by atoms with Gasteiger partial charge >= 0.3 is 6.85 Å². The number of ether oxygens (including phenoxy) is 1. The monoisotopic (exact) mass is 190 g/mol. The van der Waals surface area contributed by atoms with Gasteiger partial charge in [0.15, 0.2) is 5.87 Å². The summed E-state index contributed by atoms with van der Waals surface area (Å²) in [6.07, 6.45) is 3.11. The van der Waals surface area contributed by atoms with Gasteiger partial charge in [0.2, 0.25) is 0 Å². The number of carbonyl (C=O) groups is 1. The standard InChI is InChI=1S/C8H9BN3O2/c1-14-8(13)9(6-10)12-4-2-7(11)3-5-12/h2-5H,11H2,1H3. The second kappa shape index (κ2) is 4.28. The quantitative estimate of drug-likeness (QED) is 0.655. The lowest BCUT2D eigenvalue weighted by Gasteiger charge is -2.10. The number of carbonyl (C=O) groups excluding carboxylic acids is 1. The molecule has 1 heterocycles. The highest BCUT2D eigenvalue weighted by atomic mass is 16.5. The first-order valence-corrected chi connectivity index (χ1v) is 3.92. The van der Waals surface area contributed by atoms with Crippen molar-refractivity contribution in [3.8, 4) is 5.97 Å². The van der Waals surface area contributed by atoms with Crippen LogP contribution in [0.5, 0.6) is 0 Å². The fourth-order valence-electron chi connectivity index (χ4n) is 0.974. The lowest BCUT2D eigenvalue weighted by atomic mass is 9.64. The number of nitrogens with two attached hydrogens (primary N) is 1. The average Bonchev–Trinajstić information content (AvgIpc) is 2.21. The number of nitriles is 1. The second-order valence-corrected chi connectivity index (χ2v) is 2.63. The molecule has 0 bridgehead atoms. The van der Waals surface area contributed by atoms with Crippen LogP contribution in [0, 0.1) is 11.2 Å². The SMILES string of the molecule is COC(=O)[B-](C#N)[n+]1ccc(N)cc1. The van der Waals surface area contributed by atoms with E-state index in [4.69, 9.17) is 11.0 Å². The summed E-state index contributed by atoms with van der Waals surface area (Å²) < 4.78 is 5.91. The predicted octanol–water partition coefficient (Wildman–Crippen LogP) is -0.193. The molecule has 0 fully saturated rings. The summed E-state index contributed by atoms with van der Waals surface area (Å²) in [7, 11) is 1.24. The van der Waals surface area contributed by atoms with Crippen LogP contribution in [-0.4, -0.2) is 19.8 Å². The molecule has 71 valence electrons. The van der Waals surface area contributed by atoms with Gasteiger partial charge in [-0.1, -0.05) is 5.97 Å². The molecular weight excluding hydrogens is 181 g/mol. The van der Waals surface area contributed by atoms with E-state index >= 15 is 0 Å². The fraction of sp³-hybridized carbons (Fsp3) is 0.125. The van der Waals surface area contributed by atoms with Crippen molar-refractivity contribution in [1.82, 2.24) is 0 Å². The van der Waals surface area contributed by atoms with E-state index < -0.39 is 12.7 Å². The molecule has 0 atom stereocenters. The summed E-state index contributed by atoms with van der Waals surface area (Å²) in [6.45, 7) is -0.958. The summed E-state index contributed by atoms with van der Waals surface area (Å²) in [5, 5.41) is 8.75. The molecule has 0 saturated heterocycles. The number of nitrogen functional groups attached to an aromatic ring is 1. The zero-order valence-corrected chi connectivity index (χ0v) is 7.68. The minimum absolute atomic E-state index is 0.572. The van der Waals surface area contributed by atoms with Crippen molar-refractivity contribution in [2.24, 2.45) is 0 Å². The summed E-state index contributed by atoms with van der Waals surface area (Å²) in [5.41, 5.74) is 6.04. The molecule has 0 saturated carbocycles. The summed E-state index contributed by atoms with van der Waals surface area (Å²) in [4.78, 5) is 11.1. The summed E-state index contributed by atoms with van der Waals surface area (Å²) in [6, 6.07) is 3.21. The average molecular weight is 190 g/mol. The van der Waals surface area contributed by atoms with Crippen molar-refractivity contribution in [1.29, 1.82) is 5.26 Å². The van der Waals surface area contributed by atoms with Gasteiger partial charge in [-0.15, -0.1) is 0 Å². The van der Waals surface area contributed by atoms with Gasteiger partial charge < -0.3 is 14.9 Å². The second-order valence-electron chi connectivity index (χ2n) is 2.63. The Bertz CT molecular complexity index is 371. The van der Waals surface area contributed by atoms with Gasteiger partial charge in [0.25, 0.3) is 0 Å². The molecule has 0 aliphatic rings. The Labute approximate surface area is 81.8 Å². The van der Waals surface area contributed by atoms with E-state index in [1.165, 1.54) is 11.6 Å². The molecule has 1 aromatic heterocycles. The van der Waals surface area contributed by atoms with Crippen LogP contribution in [0.25, 0.3) is 0 Å². The molecule has 1 rings (SSSR count).